The van der Waals surface area contributed by atoms with E-state index >= 15 is 0 Å². The van der Waals surface area contributed by atoms with Gasteiger partial charge in [-0.05, 0) is 30.0 Å². The average molecular weight is 373 g/mol. The van der Waals surface area contributed by atoms with Crippen LogP contribution < -0.4 is 10.5 Å². The molecule has 0 aromatic heterocycles. The van der Waals surface area contributed by atoms with Gasteiger partial charge in [0.1, 0.15) is 0 Å². The summed E-state index contributed by atoms with van der Waals surface area (Å²) >= 11 is 0. The number of rotatable bonds is 5. The fourth-order valence-electron chi connectivity index (χ4n) is 3.81. The van der Waals surface area contributed by atoms with Gasteiger partial charge in [0, 0.05) is 36.0 Å². The van der Waals surface area contributed by atoms with E-state index in [9.17, 15) is 4.79 Å². The third-order valence-corrected chi connectivity index (χ3v) is 5.45. The molecule has 6 heteroatoms. The number of carbonyl (C=O) groups is 1. The Morgan fingerprint density at radius 3 is 2.21 bits per heavy atom. The van der Waals surface area contributed by atoms with Crippen molar-refractivity contribution in [3.63, 3.8) is 0 Å². The van der Waals surface area contributed by atoms with Gasteiger partial charge in [0.2, 0.25) is 5.91 Å². The van der Waals surface area contributed by atoms with Gasteiger partial charge in [-0.15, -0.1) is 0 Å². The Morgan fingerprint density at radius 1 is 1.04 bits per heavy atom. The number of hydrogen-bond acceptors (Lipinski definition) is 4. The summed E-state index contributed by atoms with van der Waals surface area (Å²) in [5.74, 6) is -0.122. The summed E-state index contributed by atoms with van der Waals surface area (Å²) < 4.78 is 0. The standard InChI is InChI=1S/C22H24BN3O2/c1-15-10-12-16(13-11-15)18(14-21(27)26(2)28-3)23-24-19-8-4-6-17-7-5-9-20(25-23)22(17)19/h4-13,18,24-25H,14H2,1-3H3/t18-/m1/s1. The lowest BCUT2D eigenvalue weighted by Gasteiger charge is -2.32. The Hall–Kier alpha value is -2.99. The Balaban J connectivity index is 1.70. The Bertz CT molecular complexity index is 966. The van der Waals surface area contributed by atoms with E-state index in [4.69, 9.17) is 4.84 Å². The predicted molar refractivity (Wildman–Crippen MR) is 115 cm³/mol. The lowest BCUT2D eigenvalue weighted by molar-refractivity contribution is -0.168. The number of aryl methyl sites for hydroxylation is 1. The molecule has 5 nitrogen and oxygen atoms in total. The van der Waals surface area contributed by atoms with Crippen LogP contribution >= 0.6 is 0 Å². The molecule has 1 amide bonds. The van der Waals surface area contributed by atoms with E-state index in [1.807, 2.05) is 0 Å². The van der Waals surface area contributed by atoms with Gasteiger partial charge in [-0.2, -0.15) is 0 Å². The molecule has 1 atom stereocenters. The highest BCUT2D eigenvalue weighted by Gasteiger charge is 2.35. The number of benzene rings is 3. The van der Waals surface area contributed by atoms with Crippen LogP contribution in [-0.4, -0.2) is 32.1 Å². The molecule has 0 unspecified atom stereocenters. The summed E-state index contributed by atoms with van der Waals surface area (Å²) in [4.78, 5) is 17.7. The van der Waals surface area contributed by atoms with E-state index in [1.54, 1.807) is 7.05 Å². The number of hydrogen-bond donors (Lipinski definition) is 2. The first-order valence-corrected chi connectivity index (χ1v) is 9.49. The summed E-state index contributed by atoms with van der Waals surface area (Å²) in [5, 5.41) is 10.9. The fraction of sp³-hybridized carbons (Fsp3) is 0.227. The van der Waals surface area contributed by atoms with Crippen molar-refractivity contribution < 1.29 is 9.63 Å². The number of nitrogens with one attached hydrogen (secondary N) is 2. The topological polar surface area (TPSA) is 53.6 Å². The number of carbonyl (C=O) groups excluding carboxylic acids is 1. The number of hydroxylamine groups is 2. The maximum absolute atomic E-state index is 12.6. The molecule has 0 radical (unpaired) electrons. The first-order valence-electron chi connectivity index (χ1n) is 9.49. The van der Waals surface area contributed by atoms with E-state index in [1.165, 1.54) is 28.5 Å². The monoisotopic (exact) mass is 373 g/mol. The number of nitrogens with zero attached hydrogens (tertiary/aromatic N) is 1. The highest BCUT2D eigenvalue weighted by atomic mass is 16.7. The Kier molecular flexibility index (Phi) is 4.96. The van der Waals surface area contributed by atoms with Crippen molar-refractivity contribution in [1.82, 2.24) is 5.06 Å². The normalized spacial score (nSPS) is 13.6. The molecule has 2 N–H and O–H groups in total. The van der Waals surface area contributed by atoms with Gasteiger partial charge in [-0.1, -0.05) is 54.1 Å². The van der Waals surface area contributed by atoms with Crippen LogP contribution in [0.15, 0.2) is 60.7 Å². The lowest BCUT2D eigenvalue weighted by atomic mass is 9.56. The van der Waals surface area contributed by atoms with Crippen LogP contribution in [0.1, 0.15) is 23.4 Å². The van der Waals surface area contributed by atoms with Crippen LogP contribution in [0.3, 0.4) is 0 Å². The number of amides is 1. The van der Waals surface area contributed by atoms with Crippen molar-refractivity contribution in [1.29, 1.82) is 0 Å². The zero-order valence-electron chi connectivity index (χ0n) is 16.4. The molecule has 0 bridgehead atoms. The first-order chi connectivity index (χ1) is 13.6. The van der Waals surface area contributed by atoms with Crippen LogP contribution in [0.25, 0.3) is 10.8 Å². The maximum atomic E-state index is 12.6. The van der Waals surface area contributed by atoms with Crippen molar-refractivity contribution >= 4 is 35.0 Å². The SMILES string of the molecule is CON(C)C(=O)C[C@@H](B1Nc2cccc3cccc(c23)N1)c1ccc(C)cc1. The minimum Gasteiger partial charge on any atom is -0.408 e. The zero-order valence-corrected chi connectivity index (χ0v) is 16.4. The molecule has 1 aliphatic rings. The molecule has 0 saturated carbocycles. The first kappa shape index (κ1) is 18.4. The van der Waals surface area contributed by atoms with Crippen LogP contribution in [-0.2, 0) is 9.63 Å². The molecule has 1 aliphatic heterocycles. The molecule has 1 heterocycles. The Morgan fingerprint density at radius 2 is 1.64 bits per heavy atom. The van der Waals surface area contributed by atoms with Gasteiger partial charge < -0.3 is 10.5 Å². The van der Waals surface area contributed by atoms with E-state index in [0.29, 0.717) is 6.42 Å². The predicted octanol–water partition coefficient (Wildman–Crippen LogP) is 4.21. The molecule has 3 aromatic carbocycles. The summed E-state index contributed by atoms with van der Waals surface area (Å²) in [7, 11) is 3.15. The van der Waals surface area contributed by atoms with Gasteiger partial charge in [0.15, 0.2) is 0 Å². The summed E-state index contributed by atoms with van der Waals surface area (Å²) in [5.41, 5.74) is 4.48. The minimum atomic E-state index is -0.114. The molecule has 142 valence electrons. The van der Waals surface area contributed by atoms with E-state index in [0.717, 1.165) is 16.9 Å². The molecule has 3 aromatic rings. The molecule has 28 heavy (non-hydrogen) atoms. The number of anilines is 2. The largest absolute Gasteiger partial charge is 0.408 e. The third kappa shape index (κ3) is 3.43. The molecule has 4 rings (SSSR count). The maximum Gasteiger partial charge on any atom is 0.378 e. The second kappa shape index (κ2) is 7.56. The van der Waals surface area contributed by atoms with Crippen molar-refractivity contribution in [2.75, 3.05) is 24.6 Å². The third-order valence-electron chi connectivity index (χ3n) is 5.45. The van der Waals surface area contributed by atoms with Crippen LogP contribution in [0.5, 0.6) is 0 Å². The zero-order chi connectivity index (χ0) is 19.7. The van der Waals surface area contributed by atoms with Crippen molar-refractivity contribution in [3.05, 3.63) is 71.8 Å². The van der Waals surface area contributed by atoms with Crippen LogP contribution in [0, 0.1) is 6.92 Å². The second-order valence-electron chi connectivity index (χ2n) is 7.27. The minimum absolute atomic E-state index is 0.0608. The van der Waals surface area contributed by atoms with Crippen molar-refractivity contribution in [2.45, 2.75) is 19.2 Å². The summed E-state index contributed by atoms with van der Waals surface area (Å²) in [6.07, 6.45) is 0.330. The van der Waals surface area contributed by atoms with Gasteiger partial charge in [-0.3, -0.25) is 9.63 Å². The molecule has 0 aliphatic carbocycles. The lowest BCUT2D eigenvalue weighted by Crippen LogP contribution is -2.45. The van der Waals surface area contributed by atoms with E-state index in [-0.39, 0.29) is 18.7 Å². The van der Waals surface area contributed by atoms with E-state index in [2.05, 4.69) is 78.0 Å². The van der Waals surface area contributed by atoms with Gasteiger partial charge in [-0.25, -0.2) is 5.06 Å². The van der Waals surface area contributed by atoms with Gasteiger partial charge in [0.05, 0.1) is 7.11 Å². The summed E-state index contributed by atoms with van der Waals surface area (Å²) in [6.45, 7) is 1.95. The van der Waals surface area contributed by atoms with Crippen LogP contribution in [0.2, 0.25) is 0 Å². The molecule has 0 fully saturated rings. The quantitative estimate of drug-likeness (QED) is 0.520. The van der Waals surface area contributed by atoms with Gasteiger partial charge in [0.25, 0.3) is 0 Å². The highest BCUT2D eigenvalue weighted by molar-refractivity contribution is 6.69. The van der Waals surface area contributed by atoms with Crippen LogP contribution in [0.4, 0.5) is 11.4 Å². The fourth-order valence-corrected chi connectivity index (χ4v) is 3.81. The van der Waals surface area contributed by atoms with Crippen molar-refractivity contribution in [3.8, 4) is 0 Å². The molecule has 0 spiro atoms. The van der Waals surface area contributed by atoms with E-state index < -0.39 is 0 Å². The molecular weight excluding hydrogens is 349 g/mol. The smallest absolute Gasteiger partial charge is 0.378 e. The molecule has 0 saturated heterocycles. The highest BCUT2D eigenvalue weighted by Crippen LogP contribution is 2.37. The van der Waals surface area contributed by atoms with Crippen molar-refractivity contribution in [2.24, 2.45) is 0 Å². The van der Waals surface area contributed by atoms with Gasteiger partial charge >= 0.3 is 6.98 Å². The Labute approximate surface area is 165 Å². The molecular formula is C22H24BN3O2. The second-order valence-corrected chi connectivity index (χ2v) is 7.27. The average Bonchev–Trinajstić information content (AvgIpc) is 2.72. The summed E-state index contributed by atoms with van der Waals surface area (Å²) in [6, 6.07) is 20.9.